The van der Waals surface area contributed by atoms with E-state index in [0.29, 0.717) is 5.75 Å². The lowest BCUT2D eigenvalue weighted by molar-refractivity contribution is -0.140. The Morgan fingerprint density at radius 1 is 0.818 bits per heavy atom. The number of thiophene rings is 1. The lowest BCUT2D eigenvalue weighted by Crippen LogP contribution is -2.25. The van der Waals surface area contributed by atoms with E-state index in [1.807, 2.05) is 23.5 Å². The van der Waals surface area contributed by atoms with Crippen LogP contribution < -0.4 is 4.74 Å². The highest BCUT2D eigenvalue weighted by Gasteiger charge is 2.27. The minimum absolute atomic E-state index is 0.0403. The number of carbonyl (C=O) groups is 1. The monoisotopic (exact) mass is 468 g/mol. The summed E-state index contributed by atoms with van der Waals surface area (Å²) in [5, 5.41) is 0. The number of carbonyl (C=O) groups excluding carboxylic acids is 1. The van der Waals surface area contributed by atoms with Crippen LogP contribution in [0.25, 0.3) is 10.4 Å². The van der Waals surface area contributed by atoms with Gasteiger partial charge in [-0.05, 0) is 86.4 Å². The van der Waals surface area contributed by atoms with Crippen molar-refractivity contribution in [3.05, 3.63) is 41.3 Å². The largest absolute Gasteiger partial charge is 0.426 e. The molecule has 0 amide bonds. The summed E-state index contributed by atoms with van der Waals surface area (Å²) in [6, 6.07) is 12.6. The molecular formula is C30H44O2S. The summed E-state index contributed by atoms with van der Waals surface area (Å²) in [5.74, 6) is 1.52. The predicted molar refractivity (Wildman–Crippen MR) is 142 cm³/mol. The minimum Gasteiger partial charge on any atom is -0.426 e. The van der Waals surface area contributed by atoms with Crippen molar-refractivity contribution in [3.63, 3.8) is 0 Å². The van der Waals surface area contributed by atoms with Gasteiger partial charge in [-0.1, -0.05) is 71.6 Å². The number of hydrogen-bond acceptors (Lipinski definition) is 3. The maximum absolute atomic E-state index is 12.6. The fourth-order valence-corrected chi connectivity index (χ4v) is 6.14. The van der Waals surface area contributed by atoms with Gasteiger partial charge in [-0.3, -0.25) is 4.79 Å². The Hall–Kier alpha value is -1.61. The fourth-order valence-electron chi connectivity index (χ4n) is 5.08. The molecule has 33 heavy (non-hydrogen) atoms. The van der Waals surface area contributed by atoms with Crippen LogP contribution in [0.2, 0.25) is 0 Å². The number of aryl methyl sites for hydroxylation is 1. The van der Waals surface area contributed by atoms with Crippen LogP contribution in [0.4, 0.5) is 0 Å². The first-order chi connectivity index (χ1) is 16.2. The Morgan fingerprint density at radius 2 is 1.48 bits per heavy atom. The van der Waals surface area contributed by atoms with Crippen molar-refractivity contribution in [1.82, 2.24) is 0 Å². The van der Waals surface area contributed by atoms with Gasteiger partial charge < -0.3 is 4.74 Å². The molecule has 0 radical (unpaired) electrons. The zero-order valence-electron chi connectivity index (χ0n) is 21.0. The van der Waals surface area contributed by atoms with Crippen LogP contribution in [0.3, 0.4) is 0 Å². The second-order valence-corrected chi connectivity index (χ2v) is 11.1. The van der Waals surface area contributed by atoms with Crippen LogP contribution in [-0.2, 0) is 11.2 Å². The van der Waals surface area contributed by atoms with Gasteiger partial charge in [0, 0.05) is 9.75 Å². The number of unbranched alkanes of at least 4 members (excludes halogenated alkanes) is 7. The Labute approximate surface area is 206 Å². The molecule has 1 saturated carbocycles. The van der Waals surface area contributed by atoms with Gasteiger partial charge in [-0.2, -0.15) is 0 Å². The van der Waals surface area contributed by atoms with E-state index < -0.39 is 0 Å². The summed E-state index contributed by atoms with van der Waals surface area (Å²) >= 11 is 1.90. The molecule has 2 nitrogen and oxygen atoms in total. The summed E-state index contributed by atoms with van der Waals surface area (Å²) in [7, 11) is 0. The molecule has 0 atom stereocenters. The van der Waals surface area contributed by atoms with Crippen LogP contribution >= 0.6 is 11.3 Å². The Morgan fingerprint density at radius 3 is 2.15 bits per heavy atom. The molecule has 1 fully saturated rings. The molecular weight excluding hydrogens is 424 g/mol. The normalized spacial score (nSPS) is 18.4. The number of rotatable bonds is 14. The topological polar surface area (TPSA) is 26.3 Å². The quantitative estimate of drug-likeness (QED) is 0.157. The predicted octanol–water partition coefficient (Wildman–Crippen LogP) is 9.61. The summed E-state index contributed by atoms with van der Waals surface area (Å²) in [4.78, 5) is 15.4. The molecule has 1 heterocycles. The first-order valence-corrected chi connectivity index (χ1v) is 14.4. The van der Waals surface area contributed by atoms with Gasteiger partial charge in [0.25, 0.3) is 0 Å². The molecule has 1 aromatic heterocycles. The average Bonchev–Trinajstić information content (AvgIpc) is 3.31. The third-order valence-electron chi connectivity index (χ3n) is 7.17. The van der Waals surface area contributed by atoms with Gasteiger partial charge in [0.2, 0.25) is 0 Å². The van der Waals surface area contributed by atoms with Crippen LogP contribution in [0, 0.1) is 11.8 Å². The van der Waals surface area contributed by atoms with Crippen molar-refractivity contribution in [2.75, 3.05) is 0 Å². The van der Waals surface area contributed by atoms with Crippen molar-refractivity contribution in [2.45, 2.75) is 110 Å². The zero-order chi connectivity index (χ0) is 23.3. The van der Waals surface area contributed by atoms with Crippen LogP contribution in [0.15, 0.2) is 36.4 Å². The van der Waals surface area contributed by atoms with E-state index >= 15 is 0 Å². The van der Waals surface area contributed by atoms with E-state index in [1.165, 1.54) is 98.8 Å². The molecule has 0 spiro atoms. The van der Waals surface area contributed by atoms with E-state index in [2.05, 4.69) is 38.1 Å². The SMILES string of the molecule is CCCCCCCCCCc1ccc(-c2ccc(OC(=O)C3CCC(CCC)CC3)cc2)s1. The second kappa shape index (κ2) is 14.6. The molecule has 0 unspecified atom stereocenters. The van der Waals surface area contributed by atoms with E-state index in [0.717, 1.165) is 18.8 Å². The highest BCUT2D eigenvalue weighted by atomic mass is 32.1. The van der Waals surface area contributed by atoms with E-state index in [1.54, 1.807) is 0 Å². The van der Waals surface area contributed by atoms with Gasteiger partial charge in [0.05, 0.1) is 5.92 Å². The average molecular weight is 469 g/mol. The first-order valence-electron chi connectivity index (χ1n) is 13.6. The maximum atomic E-state index is 12.6. The lowest BCUT2D eigenvalue weighted by Gasteiger charge is -2.26. The highest BCUT2D eigenvalue weighted by Crippen LogP contribution is 2.33. The minimum atomic E-state index is -0.0403. The lowest BCUT2D eigenvalue weighted by atomic mass is 9.80. The van der Waals surface area contributed by atoms with E-state index in [4.69, 9.17) is 4.74 Å². The van der Waals surface area contributed by atoms with Crippen molar-refractivity contribution in [1.29, 1.82) is 0 Å². The van der Waals surface area contributed by atoms with Gasteiger partial charge >= 0.3 is 5.97 Å². The summed E-state index contributed by atoms with van der Waals surface area (Å²) in [6.45, 7) is 4.52. The summed E-state index contributed by atoms with van der Waals surface area (Å²) in [5.41, 5.74) is 1.21. The number of esters is 1. The van der Waals surface area contributed by atoms with E-state index in [-0.39, 0.29) is 11.9 Å². The molecule has 0 saturated heterocycles. The van der Waals surface area contributed by atoms with Crippen molar-refractivity contribution < 1.29 is 9.53 Å². The van der Waals surface area contributed by atoms with Gasteiger partial charge in [-0.15, -0.1) is 11.3 Å². The third-order valence-corrected chi connectivity index (χ3v) is 8.37. The molecule has 1 aromatic carbocycles. The highest BCUT2D eigenvalue weighted by molar-refractivity contribution is 7.15. The van der Waals surface area contributed by atoms with Crippen molar-refractivity contribution in [3.8, 4) is 16.2 Å². The first kappa shape index (κ1) is 26.0. The van der Waals surface area contributed by atoms with E-state index in [9.17, 15) is 4.79 Å². The third kappa shape index (κ3) is 8.92. The van der Waals surface area contributed by atoms with Crippen molar-refractivity contribution in [2.24, 2.45) is 11.8 Å². The van der Waals surface area contributed by atoms with Crippen LogP contribution in [0.5, 0.6) is 5.75 Å². The van der Waals surface area contributed by atoms with Crippen molar-refractivity contribution >= 4 is 17.3 Å². The Balaban J connectivity index is 1.38. The molecule has 0 aliphatic heterocycles. The molecule has 3 rings (SSSR count). The van der Waals surface area contributed by atoms with Gasteiger partial charge in [-0.25, -0.2) is 0 Å². The molecule has 2 aromatic rings. The maximum Gasteiger partial charge on any atom is 0.314 e. The molecule has 1 aliphatic rings. The molecule has 1 aliphatic carbocycles. The number of benzene rings is 1. The van der Waals surface area contributed by atoms with Crippen LogP contribution in [-0.4, -0.2) is 5.97 Å². The zero-order valence-corrected chi connectivity index (χ0v) is 21.8. The molecule has 0 bridgehead atoms. The molecule has 3 heteroatoms. The number of ether oxygens (including phenoxy) is 1. The molecule has 0 N–H and O–H groups in total. The molecule has 182 valence electrons. The Kier molecular flexibility index (Phi) is 11.5. The smallest absolute Gasteiger partial charge is 0.314 e. The fraction of sp³-hybridized carbons (Fsp3) is 0.633. The second-order valence-electron chi connectivity index (χ2n) is 9.94. The van der Waals surface area contributed by atoms with Gasteiger partial charge in [0.1, 0.15) is 5.75 Å². The Bertz CT molecular complexity index is 799. The number of hydrogen-bond donors (Lipinski definition) is 0. The van der Waals surface area contributed by atoms with Crippen LogP contribution in [0.1, 0.15) is 109 Å². The van der Waals surface area contributed by atoms with Gasteiger partial charge in [0.15, 0.2) is 0 Å². The summed E-state index contributed by atoms with van der Waals surface area (Å²) in [6.07, 6.45) is 19.0. The summed E-state index contributed by atoms with van der Waals surface area (Å²) < 4.78 is 5.72. The standard InChI is InChI=1S/C30H44O2S/c1-3-5-6-7-8-9-10-11-13-28-22-23-29(33-28)25-18-20-27(21-19-25)32-30(31)26-16-14-24(12-4-2)15-17-26/h18-24,26H,3-17H2,1-2H3.